The molecule has 0 bridgehead atoms. The summed E-state index contributed by atoms with van der Waals surface area (Å²) in [5.41, 5.74) is 2.23. The van der Waals surface area contributed by atoms with Crippen molar-refractivity contribution in [3.05, 3.63) is 83.4 Å². The van der Waals surface area contributed by atoms with E-state index in [1.54, 1.807) is 62.2 Å². The third-order valence-electron chi connectivity index (χ3n) is 6.10. The molecule has 0 aliphatic rings. The first-order chi connectivity index (χ1) is 17.0. The molecule has 4 aromatic rings. The van der Waals surface area contributed by atoms with Crippen LogP contribution < -0.4 is 0 Å². The van der Waals surface area contributed by atoms with Gasteiger partial charge in [-0.2, -0.15) is 18.2 Å². The third-order valence-corrected chi connectivity index (χ3v) is 6.10. The summed E-state index contributed by atoms with van der Waals surface area (Å²) < 4.78 is 47.1. The second-order valence-corrected chi connectivity index (χ2v) is 8.62. The molecule has 194 valence electrons. The van der Waals surface area contributed by atoms with Crippen molar-refractivity contribution in [2.24, 2.45) is 0 Å². The number of carboxylic acid groups (broad SMARTS) is 1. The van der Waals surface area contributed by atoms with Gasteiger partial charge >= 0.3 is 12.1 Å². The van der Waals surface area contributed by atoms with Crippen molar-refractivity contribution in [3.8, 4) is 34.0 Å². The number of likely N-dealkylation sites (N-methyl/N-ethyl adjacent to an activating group) is 1. The molecule has 1 heterocycles. The average molecular weight is 512 g/mol. The van der Waals surface area contributed by atoms with Crippen LogP contribution in [0.3, 0.4) is 0 Å². The van der Waals surface area contributed by atoms with Crippen molar-refractivity contribution in [1.29, 1.82) is 0 Å². The Balaban J connectivity index is 0.00000380. The predicted octanol–water partition coefficient (Wildman–Crippen LogP) is 6.94. The number of hydrogen-bond acceptors (Lipinski definition) is 5. The van der Waals surface area contributed by atoms with Crippen LogP contribution in [0, 0.1) is 6.92 Å². The molecule has 0 fully saturated rings. The van der Waals surface area contributed by atoms with E-state index in [0.717, 1.165) is 17.2 Å². The maximum absolute atomic E-state index is 14.0. The Labute approximate surface area is 213 Å². The first-order valence-corrected chi connectivity index (χ1v) is 11.2. The molecule has 0 saturated carbocycles. The molecular weight excluding hydrogens is 483 g/mol. The van der Waals surface area contributed by atoms with Gasteiger partial charge in [-0.15, -0.1) is 0 Å². The zero-order valence-electron chi connectivity index (χ0n) is 19.9. The van der Waals surface area contributed by atoms with E-state index >= 15 is 0 Å². The molecule has 0 amide bonds. The van der Waals surface area contributed by atoms with E-state index < -0.39 is 23.8 Å². The largest absolute Gasteiger partial charge is 0.480 e. The highest BCUT2D eigenvalue weighted by molar-refractivity contribution is 5.75. The first kappa shape index (κ1) is 27.6. The third kappa shape index (κ3) is 6.06. The van der Waals surface area contributed by atoms with Gasteiger partial charge in [-0.05, 0) is 55.3 Å². The normalized spacial score (nSPS) is 12.3. The van der Waals surface area contributed by atoms with Gasteiger partial charge in [-0.25, -0.2) is 0 Å². The number of aromatic nitrogens is 2. The summed E-state index contributed by atoms with van der Waals surface area (Å²) in [4.78, 5) is 17.1. The zero-order valence-corrected chi connectivity index (χ0v) is 19.9. The van der Waals surface area contributed by atoms with Crippen molar-refractivity contribution in [2.75, 3.05) is 7.05 Å². The summed E-state index contributed by atoms with van der Waals surface area (Å²) in [6.45, 7) is 3.80. The van der Waals surface area contributed by atoms with Crippen LogP contribution in [0.4, 0.5) is 13.2 Å². The fourth-order valence-corrected chi connectivity index (χ4v) is 3.85. The smallest absolute Gasteiger partial charge is 0.417 e. The Kier molecular flexibility index (Phi) is 8.18. The van der Waals surface area contributed by atoms with Gasteiger partial charge in [0.2, 0.25) is 5.82 Å². The highest BCUT2D eigenvalue weighted by Crippen LogP contribution is 2.40. The Morgan fingerprint density at radius 1 is 1.03 bits per heavy atom. The number of alkyl halides is 3. The first-order valence-electron chi connectivity index (χ1n) is 11.2. The van der Waals surface area contributed by atoms with Gasteiger partial charge in [0, 0.05) is 17.7 Å². The monoisotopic (exact) mass is 511 g/mol. The Morgan fingerprint density at radius 3 is 2.30 bits per heavy atom. The zero-order chi connectivity index (χ0) is 26.0. The molecule has 0 aliphatic heterocycles. The second kappa shape index (κ2) is 11.0. The minimum absolute atomic E-state index is 0. The molecule has 0 saturated heterocycles. The second-order valence-electron chi connectivity index (χ2n) is 8.62. The molecule has 6 nitrogen and oxygen atoms in total. The van der Waals surface area contributed by atoms with Crippen LogP contribution in [0.2, 0.25) is 0 Å². The van der Waals surface area contributed by atoms with E-state index in [4.69, 9.17) is 9.63 Å². The van der Waals surface area contributed by atoms with Crippen LogP contribution in [-0.4, -0.2) is 39.2 Å². The summed E-state index contributed by atoms with van der Waals surface area (Å²) in [5, 5.41) is 13.1. The molecule has 0 spiro atoms. The molecule has 37 heavy (non-hydrogen) atoms. The topological polar surface area (TPSA) is 79.5 Å². The Hall–Kier alpha value is -3.98. The number of hydrogen-bond donors (Lipinski definition) is 1. The summed E-state index contributed by atoms with van der Waals surface area (Å²) in [5.74, 6) is -0.694. The lowest BCUT2D eigenvalue weighted by Crippen LogP contribution is -2.35. The lowest BCUT2D eigenvalue weighted by molar-refractivity contribution is -0.142. The fraction of sp³-hybridized carbons (Fsp3) is 0.250. The number of carbonyl (C=O) groups is 1. The predicted molar refractivity (Wildman–Crippen MR) is 136 cm³/mol. The number of nitrogens with zero attached hydrogens (tertiary/aromatic N) is 3. The number of carboxylic acids is 1. The van der Waals surface area contributed by atoms with Crippen molar-refractivity contribution < 1.29 is 27.6 Å². The lowest BCUT2D eigenvalue weighted by Gasteiger charge is -2.21. The van der Waals surface area contributed by atoms with Gasteiger partial charge in [-0.1, -0.05) is 67.2 Å². The highest BCUT2D eigenvalue weighted by atomic mass is 19.4. The summed E-state index contributed by atoms with van der Waals surface area (Å²) in [6.07, 6.45) is -4.57. The lowest BCUT2D eigenvalue weighted by atomic mass is 9.94. The van der Waals surface area contributed by atoms with Gasteiger partial charge in [-0.3, -0.25) is 9.69 Å². The van der Waals surface area contributed by atoms with E-state index in [1.165, 1.54) is 12.1 Å². The molecule has 4 rings (SSSR count). The van der Waals surface area contributed by atoms with Crippen molar-refractivity contribution in [3.63, 3.8) is 0 Å². The summed E-state index contributed by atoms with van der Waals surface area (Å²) >= 11 is 0. The molecule has 9 heteroatoms. The standard InChI is InChI=1S/C27H24F3N3O3.CH4/c1-16-6-4-5-7-21(16)22-13-12-20(14-23(22)27(28,29)30)25-31-24(32-36-25)19-10-8-18(9-11-19)15-33(3)17(2)26(34)35;/h4-14,17H,15H2,1-3H3,(H,34,35);1H4/t17-;/m0./s1. The van der Waals surface area contributed by atoms with Gasteiger partial charge in [0.1, 0.15) is 6.04 Å². The van der Waals surface area contributed by atoms with Gasteiger partial charge in [0.25, 0.3) is 5.89 Å². The quantitative estimate of drug-likeness (QED) is 0.290. The summed E-state index contributed by atoms with van der Waals surface area (Å²) in [6, 6.07) is 17.4. The molecule has 1 aromatic heterocycles. The Morgan fingerprint density at radius 2 is 1.68 bits per heavy atom. The maximum atomic E-state index is 14.0. The molecule has 1 N–H and O–H groups in total. The minimum Gasteiger partial charge on any atom is -0.480 e. The highest BCUT2D eigenvalue weighted by Gasteiger charge is 2.34. The number of aliphatic carboxylic acids is 1. The van der Waals surface area contributed by atoms with Crippen LogP contribution in [0.5, 0.6) is 0 Å². The number of rotatable bonds is 7. The van der Waals surface area contributed by atoms with Crippen molar-refractivity contribution >= 4 is 5.97 Å². The van der Waals surface area contributed by atoms with Crippen LogP contribution in [-0.2, 0) is 17.5 Å². The van der Waals surface area contributed by atoms with E-state index in [2.05, 4.69) is 10.1 Å². The van der Waals surface area contributed by atoms with Crippen LogP contribution in [0.1, 0.15) is 31.0 Å². The maximum Gasteiger partial charge on any atom is 0.417 e. The van der Waals surface area contributed by atoms with E-state index in [-0.39, 0.29) is 30.3 Å². The number of aryl methyl sites for hydroxylation is 1. The molecule has 3 aromatic carbocycles. The van der Waals surface area contributed by atoms with Gasteiger partial charge in [0.15, 0.2) is 0 Å². The van der Waals surface area contributed by atoms with Crippen molar-refractivity contribution in [2.45, 2.75) is 40.0 Å². The fourth-order valence-electron chi connectivity index (χ4n) is 3.85. The van der Waals surface area contributed by atoms with E-state index in [1.807, 2.05) is 12.1 Å². The Bertz CT molecular complexity index is 1380. The molecular formula is C28H28F3N3O3. The molecule has 0 unspecified atom stereocenters. The van der Waals surface area contributed by atoms with Crippen LogP contribution in [0.25, 0.3) is 34.0 Å². The number of benzene rings is 3. The van der Waals surface area contributed by atoms with E-state index in [0.29, 0.717) is 17.7 Å². The van der Waals surface area contributed by atoms with Gasteiger partial charge < -0.3 is 9.63 Å². The SMILES string of the molecule is C.Cc1ccccc1-c1ccc(-c2nc(-c3ccc(CN(C)[C@@H](C)C(=O)O)cc3)no2)cc1C(F)(F)F. The van der Waals surface area contributed by atoms with E-state index in [9.17, 15) is 18.0 Å². The summed E-state index contributed by atoms with van der Waals surface area (Å²) in [7, 11) is 1.72. The van der Waals surface area contributed by atoms with Gasteiger partial charge in [0.05, 0.1) is 5.56 Å². The van der Waals surface area contributed by atoms with Crippen LogP contribution in [0.15, 0.2) is 71.3 Å². The number of halogens is 3. The average Bonchev–Trinajstić information content (AvgIpc) is 3.34. The molecule has 1 atom stereocenters. The van der Waals surface area contributed by atoms with Crippen LogP contribution >= 0.6 is 0 Å². The molecule has 0 aliphatic carbocycles. The minimum atomic E-state index is -4.57. The molecule has 0 radical (unpaired) electrons. The van der Waals surface area contributed by atoms with Crippen molar-refractivity contribution in [1.82, 2.24) is 15.0 Å².